The topological polar surface area (TPSA) is 119 Å². The lowest BCUT2D eigenvalue weighted by atomic mass is 10.1. The van der Waals surface area contributed by atoms with Crippen molar-refractivity contribution in [2.75, 3.05) is 26.0 Å². The van der Waals surface area contributed by atoms with Crippen LogP contribution in [-0.2, 0) is 26.0 Å². The van der Waals surface area contributed by atoms with Gasteiger partial charge in [-0.3, -0.25) is 9.59 Å². The van der Waals surface area contributed by atoms with Gasteiger partial charge in [0.25, 0.3) is 0 Å². The number of anilines is 1. The second-order valence-corrected chi connectivity index (χ2v) is 8.39. The third kappa shape index (κ3) is 5.44. The second kappa shape index (κ2) is 9.05. The quantitative estimate of drug-likeness (QED) is 0.666. The molecule has 0 unspecified atom stereocenters. The summed E-state index contributed by atoms with van der Waals surface area (Å²) < 4.78 is 31.5. The Labute approximate surface area is 168 Å². The van der Waals surface area contributed by atoms with Crippen LogP contribution < -0.4 is 15.8 Å². The molecule has 2 rings (SSSR count). The maximum atomic E-state index is 12.8. The molecule has 0 spiro atoms. The molecule has 0 saturated heterocycles. The van der Waals surface area contributed by atoms with Crippen LogP contribution in [0.5, 0.6) is 5.75 Å². The fourth-order valence-electron chi connectivity index (χ4n) is 2.41. The number of benzene rings is 2. The van der Waals surface area contributed by atoms with Gasteiger partial charge in [0.15, 0.2) is 0 Å². The Morgan fingerprint density at radius 2 is 1.82 bits per heavy atom. The van der Waals surface area contributed by atoms with Crippen LogP contribution in [0.3, 0.4) is 0 Å². The molecule has 8 nitrogen and oxygen atoms in total. The molecule has 0 aliphatic heterocycles. The first-order chi connectivity index (χ1) is 13.1. The van der Waals surface area contributed by atoms with Gasteiger partial charge >= 0.3 is 0 Å². The minimum absolute atomic E-state index is 0.0939. The Bertz CT molecular complexity index is 977. The molecule has 2 amide bonds. The number of nitrogens with one attached hydrogen (secondary N) is 1. The summed E-state index contributed by atoms with van der Waals surface area (Å²) in [5.74, 6) is -0.864. The van der Waals surface area contributed by atoms with Crippen molar-refractivity contribution in [2.24, 2.45) is 5.73 Å². The number of rotatable bonds is 8. The zero-order valence-electron chi connectivity index (χ0n) is 15.3. The van der Waals surface area contributed by atoms with Crippen molar-refractivity contribution < 1.29 is 22.7 Å². The molecule has 0 aliphatic carbocycles. The number of ether oxygens (including phenoxy) is 1. The summed E-state index contributed by atoms with van der Waals surface area (Å²) in [6.45, 7) is -0.416. The monoisotopic (exact) mass is 425 g/mol. The third-order valence-corrected chi connectivity index (χ3v) is 5.86. The van der Waals surface area contributed by atoms with Gasteiger partial charge in [-0.05, 0) is 35.9 Å². The summed E-state index contributed by atoms with van der Waals surface area (Å²) in [7, 11) is -1.37. The first-order valence-corrected chi connectivity index (χ1v) is 9.92. The molecule has 0 bridgehead atoms. The van der Waals surface area contributed by atoms with Crippen LogP contribution in [0.15, 0.2) is 47.4 Å². The van der Waals surface area contributed by atoms with Gasteiger partial charge in [0, 0.05) is 17.8 Å². The SMILES string of the molecule is COc1ccc(Cl)cc1S(=O)(=O)N(C)CC(=O)Nc1ccc(CC(N)=O)cc1. The normalized spacial score (nSPS) is 11.3. The van der Waals surface area contributed by atoms with Gasteiger partial charge in [-0.1, -0.05) is 23.7 Å². The maximum absolute atomic E-state index is 12.8. The Morgan fingerprint density at radius 3 is 2.39 bits per heavy atom. The lowest BCUT2D eigenvalue weighted by Crippen LogP contribution is -2.35. The fraction of sp³-hybridized carbons (Fsp3) is 0.222. The number of hydrogen-bond donors (Lipinski definition) is 2. The molecule has 0 fully saturated rings. The Kier molecular flexibility index (Phi) is 7.00. The molecule has 10 heteroatoms. The highest BCUT2D eigenvalue weighted by atomic mass is 35.5. The first kappa shape index (κ1) is 21.7. The van der Waals surface area contributed by atoms with E-state index in [0.29, 0.717) is 11.3 Å². The summed E-state index contributed by atoms with van der Waals surface area (Å²) >= 11 is 5.90. The molecule has 0 aromatic heterocycles. The molecular weight excluding hydrogens is 406 g/mol. The summed E-state index contributed by atoms with van der Waals surface area (Å²) in [4.78, 5) is 23.0. The van der Waals surface area contributed by atoms with Gasteiger partial charge in [0.1, 0.15) is 10.6 Å². The number of likely N-dealkylation sites (N-methyl/N-ethyl adjacent to an activating group) is 1. The molecular formula is C18H20ClN3O5S. The average Bonchev–Trinajstić information content (AvgIpc) is 2.62. The molecule has 2 aromatic rings. The van der Waals surface area contributed by atoms with Crippen molar-refractivity contribution in [3.05, 3.63) is 53.1 Å². The molecule has 3 N–H and O–H groups in total. The highest BCUT2D eigenvalue weighted by Gasteiger charge is 2.26. The van der Waals surface area contributed by atoms with E-state index in [9.17, 15) is 18.0 Å². The van der Waals surface area contributed by atoms with Gasteiger partial charge in [0.2, 0.25) is 21.8 Å². The van der Waals surface area contributed by atoms with Gasteiger partial charge in [0.05, 0.1) is 20.1 Å². The summed E-state index contributed by atoms with van der Waals surface area (Å²) in [5, 5.41) is 2.83. The number of carbonyl (C=O) groups is 2. The largest absolute Gasteiger partial charge is 0.495 e. The van der Waals surface area contributed by atoms with E-state index in [2.05, 4.69) is 5.32 Å². The van der Waals surface area contributed by atoms with Gasteiger partial charge in [-0.15, -0.1) is 0 Å². The predicted octanol–water partition coefficient (Wildman–Crippen LogP) is 1.64. The number of amides is 2. The van der Waals surface area contributed by atoms with Gasteiger partial charge in [-0.2, -0.15) is 4.31 Å². The van der Waals surface area contributed by atoms with Gasteiger partial charge in [-0.25, -0.2) is 8.42 Å². The number of methoxy groups -OCH3 is 1. The molecule has 0 aliphatic rings. The van der Waals surface area contributed by atoms with Crippen LogP contribution in [0, 0.1) is 0 Å². The van der Waals surface area contributed by atoms with E-state index < -0.39 is 28.4 Å². The van der Waals surface area contributed by atoms with Crippen LogP contribution in [-0.4, -0.2) is 45.2 Å². The minimum atomic E-state index is -4.00. The van der Waals surface area contributed by atoms with Crippen molar-refractivity contribution in [1.82, 2.24) is 4.31 Å². The Balaban J connectivity index is 2.09. The predicted molar refractivity (Wildman–Crippen MR) is 106 cm³/mol. The lowest BCUT2D eigenvalue weighted by molar-refractivity contribution is -0.117. The van der Waals surface area contributed by atoms with Crippen molar-refractivity contribution in [2.45, 2.75) is 11.3 Å². The minimum Gasteiger partial charge on any atom is -0.495 e. The van der Waals surface area contributed by atoms with E-state index in [0.717, 1.165) is 4.31 Å². The van der Waals surface area contributed by atoms with E-state index in [1.807, 2.05) is 0 Å². The van der Waals surface area contributed by atoms with Crippen LogP contribution in [0.4, 0.5) is 5.69 Å². The molecule has 0 saturated carbocycles. The zero-order valence-corrected chi connectivity index (χ0v) is 16.9. The number of nitrogens with zero attached hydrogens (tertiary/aromatic N) is 1. The molecule has 2 aromatic carbocycles. The number of halogens is 1. The number of nitrogens with two attached hydrogens (primary N) is 1. The standard InChI is InChI=1S/C18H20ClN3O5S/c1-22(28(25,26)16-10-13(19)5-8-15(16)27-2)11-18(24)21-14-6-3-12(4-7-14)9-17(20)23/h3-8,10H,9,11H2,1-2H3,(H2,20,23)(H,21,24). The third-order valence-electron chi connectivity index (χ3n) is 3.80. The highest BCUT2D eigenvalue weighted by Crippen LogP contribution is 2.29. The number of carbonyl (C=O) groups excluding carboxylic acids is 2. The van der Waals surface area contributed by atoms with Crippen LogP contribution in [0.25, 0.3) is 0 Å². The molecule has 28 heavy (non-hydrogen) atoms. The summed E-state index contributed by atoms with van der Waals surface area (Å²) in [6, 6.07) is 10.7. The van der Waals surface area contributed by atoms with E-state index in [1.165, 1.54) is 32.4 Å². The van der Waals surface area contributed by atoms with Crippen molar-refractivity contribution in [3.8, 4) is 5.75 Å². The van der Waals surface area contributed by atoms with Crippen molar-refractivity contribution in [1.29, 1.82) is 0 Å². The number of hydrogen-bond acceptors (Lipinski definition) is 5. The fourth-order valence-corrected chi connectivity index (χ4v) is 3.96. The van der Waals surface area contributed by atoms with Crippen LogP contribution in [0.1, 0.15) is 5.56 Å². The second-order valence-electron chi connectivity index (χ2n) is 5.94. The van der Waals surface area contributed by atoms with Gasteiger partial charge < -0.3 is 15.8 Å². The van der Waals surface area contributed by atoms with E-state index in [1.54, 1.807) is 24.3 Å². The van der Waals surface area contributed by atoms with E-state index >= 15 is 0 Å². The van der Waals surface area contributed by atoms with Crippen LogP contribution in [0.2, 0.25) is 5.02 Å². The van der Waals surface area contributed by atoms with E-state index in [-0.39, 0.29) is 22.1 Å². The van der Waals surface area contributed by atoms with Crippen molar-refractivity contribution in [3.63, 3.8) is 0 Å². The lowest BCUT2D eigenvalue weighted by Gasteiger charge is -2.18. The summed E-state index contributed by atoms with van der Waals surface area (Å²) in [6.07, 6.45) is 0.0939. The molecule has 0 heterocycles. The molecule has 150 valence electrons. The summed E-state index contributed by atoms with van der Waals surface area (Å²) in [5.41, 5.74) is 6.30. The molecule has 0 radical (unpaired) electrons. The smallest absolute Gasteiger partial charge is 0.247 e. The first-order valence-electron chi connectivity index (χ1n) is 8.10. The zero-order chi connectivity index (χ0) is 20.9. The molecule has 0 atom stereocenters. The average molecular weight is 426 g/mol. The van der Waals surface area contributed by atoms with E-state index in [4.69, 9.17) is 22.1 Å². The maximum Gasteiger partial charge on any atom is 0.247 e. The van der Waals surface area contributed by atoms with Crippen molar-refractivity contribution >= 4 is 39.1 Å². The number of primary amides is 1. The Morgan fingerprint density at radius 1 is 1.18 bits per heavy atom. The Hall–Kier alpha value is -2.62. The number of sulfonamides is 1. The highest BCUT2D eigenvalue weighted by molar-refractivity contribution is 7.89. The van der Waals surface area contributed by atoms with Crippen LogP contribution >= 0.6 is 11.6 Å².